The van der Waals surface area contributed by atoms with E-state index in [1.165, 1.54) is 0 Å². The maximum Gasteiger partial charge on any atom is 0.0573 e. The van der Waals surface area contributed by atoms with Crippen LogP contribution in [-0.2, 0) is 0 Å². The molecule has 0 saturated heterocycles. The molecule has 11 heavy (non-hydrogen) atoms. The lowest BCUT2D eigenvalue weighted by Gasteiger charge is -2.04. The first-order valence-corrected chi connectivity index (χ1v) is 3.43. The third kappa shape index (κ3) is 2.68. The molecule has 1 rings (SSSR count). The van der Waals surface area contributed by atoms with Crippen molar-refractivity contribution >= 4 is 23.8 Å². The summed E-state index contributed by atoms with van der Waals surface area (Å²) >= 11 is 0. The molecular formula is C8H13ClN2. The van der Waals surface area contributed by atoms with E-state index in [0.717, 1.165) is 17.9 Å². The van der Waals surface area contributed by atoms with Gasteiger partial charge in [0, 0.05) is 6.54 Å². The predicted molar refractivity (Wildman–Crippen MR) is 52.3 cm³/mol. The van der Waals surface area contributed by atoms with Crippen molar-refractivity contribution in [2.75, 3.05) is 17.6 Å². The summed E-state index contributed by atoms with van der Waals surface area (Å²) in [5.41, 5.74) is 7.47. The van der Waals surface area contributed by atoms with Gasteiger partial charge in [-0.25, -0.2) is 0 Å². The lowest BCUT2D eigenvalue weighted by Crippen LogP contribution is -1.99. The molecule has 0 heterocycles. The van der Waals surface area contributed by atoms with Gasteiger partial charge in [0.2, 0.25) is 0 Å². The quantitative estimate of drug-likeness (QED) is 0.671. The molecule has 3 N–H and O–H groups in total. The van der Waals surface area contributed by atoms with Gasteiger partial charge in [-0.2, -0.15) is 0 Å². The van der Waals surface area contributed by atoms with E-state index in [1.807, 2.05) is 31.2 Å². The molecule has 0 spiro atoms. The average Bonchev–Trinajstić information content (AvgIpc) is 1.94. The molecule has 0 aliphatic carbocycles. The van der Waals surface area contributed by atoms with E-state index in [4.69, 9.17) is 5.73 Å². The number of hydrogen-bond acceptors (Lipinski definition) is 2. The second kappa shape index (κ2) is 4.85. The van der Waals surface area contributed by atoms with Crippen LogP contribution in [0, 0.1) is 0 Å². The van der Waals surface area contributed by atoms with Gasteiger partial charge < -0.3 is 11.1 Å². The summed E-state index contributed by atoms with van der Waals surface area (Å²) in [5, 5.41) is 3.15. The standard InChI is InChI=1S/C8H12N2.ClH/c1-2-10-8-6-4-3-5-7(8)9;/h3-6,10H,2,9H2,1H3;1H. The van der Waals surface area contributed by atoms with Gasteiger partial charge in [-0.3, -0.25) is 0 Å². The summed E-state index contributed by atoms with van der Waals surface area (Å²) in [6, 6.07) is 7.75. The zero-order valence-electron chi connectivity index (χ0n) is 6.50. The van der Waals surface area contributed by atoms with Crippen LogP contribution in [0.3, 0.4) is 0 Å². The molecule has 0 aliphatic rings. The maximum atomic E-state index is 5.64. The second-order valence-corrected chi connectivity index (χ2v) is 2.12. The van der Waals surface area contributed by atoms with E-state index >= 15 is 0 Å². The first-order chi connectivity index (χ1) is 4.84. The molecule has 0 saturated carbocycles. The Hall–Kier alpha value is -0.890. The fourth-order valence-electron chi connectivity index (χ4n) is 0.848. The summed E-state index contributed by atoms with van der Waals surface area (Å²) in [7, 11) is 0. The lowest BCUT2D eigenvalue weighted by molar-refractivity contribution is 1.21. The molecule has 0 aliphatic heterocycles. The van der Waals surface area contributed by atoms with Crippen LogP contribution < -0.4 is 11.1 Å². The fourth-order valence-corrected chi connectivity index (χ4v) is 0.848. The van der Waals surface area contributed by atoms with E-state index in [0.29, 0.717) is 0 Å². The Morgan fingerprint density at radius 2 is 2.00 bits per heavy atom. The van der Waals surface area contributed by atoms with E-state index < -0.39 is 0 Å². The molecule has 62 valence electrons. The molecule has 1 aromatic rings. The number of anilines is 2. The van der Waals surface area contributed by atoms with Crippen LogP contribution in [0.15, 0.2) is 24.3 Å². The van der Waals surface area contributed by atoms with Crippen LogP contribution in [0.25, 0.3) is 0 Å². The SMILES string of the molecule is CCNc1ccccc1N.Cl. The molecule has 1 aromatic carbocycles. The Bertz CT molecular complexity index is 213. The van der Waals surface area contributed by atoms with Crippen LogP contribution in [0.5, 0.6) is 0 Å². The summed E-state index contributed by atoms with van der Waals surface area (Å²) in [5.74, 6) is 0. The highest BCUT2D eigenvalue weighted by atomic mass is 35.5. The smallest absolute Gasteiger partial charge is 0.0573 e. The number of rotatable bonds is 2. The van der Waals surface area contributed by atoms with Crippen LogP contribution in [0.4, 0.5) is 11.4 Å². The maximum absolute atomic E-state index is 5.64. The number of nitrogens with two attached hydrogens (primary N) is 1. The number of para-hydroxylation sites is 2. The summed E-state index contributed by atoms with van der Waals surface area (Å²) < 4.78 is 0. The minimum atomic E-state index is 0. The van der Waals surface area contributed by atoms with Crippen molar-refractivity contribution in [2.45, 2.75) is 6.92 Å². The predicted octanol–water partition coefficient (Wildman–Crippen LogP) is 2.12. The zero-order valence-corrected chi connectivity index (χ0v) is 7.32. The number of hydrogen-bond donors (Lipinski definition) is 2. The second-order valence-electron chi connectivity index (χ2n) is 2.12. The van der Waals surface area contributed by atoms with E-state index in [1.54, 1.807) is 0 Å². The largest absolute Gasteiger partial charge is 0.397 e. The number of halogens is 1. The molecule has 0 fully saturated rings. The highest BCUT2D eigenvalue weighted by Crippen LogP contribution is 2.15. The molecule has 0 radical (unpaired) electrons. The van der Waals surface area contributed by atoms with Gasteiger partial charge in [0.1, 0.15) is 0 Å². The molecule has 0 atom stereocenters. The minimum absolute atomic E-state index is 0. The van der Waals surface area contributed by atoms with Crippen molar-refractivity contribution in [1.29, 1.82) is 0 Å². The van der Waals surface area contributed by atoms with Crippen LogP contribution in [-0.4, -0.2) is 6.54 Å². The van der Waals surface area contributed by atoms with Crippen molar-refractivity contribution in [3.8, 4) is 0 Å². The van der Waals surface area contributed by atoms with Gasteiger partial charge in [-0.15, -0.1) is 12.4 Å². The van der Waals surface area contributed by atoms with Crippen molar-refractivity contribution in [3.63, 3.8) is 0 Å². The van der Waals surface area contributed by atoms with Gasteiger partial charge in [-0.1, -0.05) is 12.1 Å². The first-order valence-electron chi connectivity index (χ1n) is 3.43. The van der Waals surface area contributed by atoms with Crippen LogP contribution in [0.1, 0.15) is 6.92 Å². The van der Waals surface area contributed by atoms with E-state index in [9.17, 15) is 0 Å². The topological polar surface area (TPSA) is 38.0 Å². The van der Waals surface area contributed by atoms with Gasteiger partial charge in [0.25, 0.3) is 0 Å². The summed E-state index contributed by atoms with van der Waals surface area (Å²) in [6.45, 7) is 2.96. The molecule has 0 aromatic heterocycles. The lowest BCUT2D eigenvalue weighted by atomic mass is 10.3. The third-order valence-electron chi connectivity index (χ3n) is 1.33. The molecule has 3 heteroatoms. The van der Waals surface area contributed by atoms with E-state index in [2.05, 4.69) is 5.32 Å². The average molecular weight is 173 g/mol. The highest BCUT2D eigenvalue weighted by molar-refractivity contribution is 5.85. The van der Waals surface area contributed by atoms with Gasteiger partial charge >= 0.3 is 0 Å². The fraction of sp³-hybridized carbons (Fsp3) is 0.250. The van der Waals surface area contributed by atoms with Gasteiger partial charge in [0.05, 0.1) is 11.4 Å². The minimum Gasteiger partial charge on any atom is -0.397 e. The highest BCUT2D eigenvalue weighted by Gasteiger charge is 1.91. The Labute approximate surface area is 73.2 Å². The van der Waals surface area contributed by atoms with Crippen molar-refractivity contribution in [3.05, 3.63) is 24.3 Å². The number of benzene rings is 1. The van der Waals surface area contributed by atoms with E-state index in [-0.39, 0.29) is 12.4 Å². The normalized spacial score (nSPS) is 8.45. The molecule has 0 bridgehead atoms. The Morgan fingerprint density at radius 3 is 2.55 bits per heavy atom. The Kier molecular flexibility index (Phi) is 4.46. The monoisotopic (exact) mass is 172 g/mol. The third-order valence-corrected chi connectivity index (χ3v) is 1.33. The van der Waals surface area contributed by atoms with Crippen molar-refractivity contribution in [1.82, 2.24) is 0 Å². The molecule has 2 nitrogen and oxygen atoms in total. The first kappa shape index (κ1) is 10.1. The molecular weight excluding hydrogens is 160 g/mol. The summed E-state index contributed by atoms with van der Waals surface area (Å²) in [4.78, 5) is 0. The Balaban J connectivity index is 0.000001000. The Morgan fingerprint density at radius 1 is 1.36 bits per heavy atom. The zero-order chi connectivity index (χ0) is 7.40. The van der Waals surface area contributed by atoms with Gasteiger partial charge in [0.15, 0.2) is 0 Å². The van der Waals surface area contributed by atoms with Crippen LogP contribution in [0.2, 0.25) is 0 Å². The van der Waals surface area contributed by atoms with Crippen molar-refractivity contribution in [2.24, 2.45) is 0 Å². The molecule has 0 amide bonds. The molecule has 0 unspecified atom stereocenters. The van der Waals surface area contributed by atoms with Gasteiger partial charge in [-0.05, 0) is 19.1 Å². The number of nitrogen functional groups attached to an aromatic ring is 1. The van der Waals surface area contributed by atoms with Crippen molar-refractivity contribution < 1.29 is 0 Å². The summed E-state index contributed by atoms with van der Waals surface area (Å²) in [6.07, 6.45) is 0. The number of nitrogens with one attached hydrogen (secondary N) is 1. The van der Waals surface area contributed by atoms with Crippen LogP contribution >= 0.6 is 12.4 Å².